The zero-order valence-electron chi connectivity index (χ0n) is 10.2. The summed E-state index contributed by atoms with van der Waals surface area (Å²) in [6.45, 7) is 1.22. The molecule has 0 heterocycles. The Hall–Kier alpha value is -1.10. The second kappa shape index (κ2) is 7.27. The number of nitrogens with one attached hydrogen (secondary N) is 1. The third-order valence-electron chi connectivity index (χ3n) is 3.39. The first-order valence-corrected chi connectivity index (χ1v) is 6.33. The van der Waals surface area contributed by atoms with Crippen molar-refractivity contribution in [2.24, 2.45) is 17.6 Å². The molecule has 98 valence electrons. The van der Waals surface area contributed by atoms with E-state index in [0.717, 1.165) is 32.1 Å². The summed E-state index contributed by atoms with van der Waals surface area (Å²) in [4.78, 5) is 22.1. The van der Waals surface area contributed by atoms with Crippen LogP contribution in [0.15, 0.2) is 0 Å². The van der Waals surface area contributed by atoms with Crippen molar-refractivity contribution in [2.45, 2.75) is 38.5 Å². The quantitative estimate of drug-likeness (QED) is 0.640. The van der Waals surface area contributed by atoms with E-state index in [2.05, 4.69) is 5.32 Å². The van der Waals surface area contributed by atoms with Gasteiger partial charge in [-0.25, -0.2) is 0 Å². The monoisotopic (exact) mass is 242 g/mol. The summed E-state index contributed by atoms with van der Waals surface area (Å²) in [6.07, 6.45) is 4.47. The fourth-order valence-corrected chi connectivity index (χ4v) is 2.22. The molecular formula is C12H22N2O3. The lowest BCUT2D eigenvalue weighted by molar-refractivity contribution is -0.143. The Morgan fingerprint density at radius 2 is 1.88 bits per heavy atom. The van der Waals surface area contributed by atoms with Crippen LogP contribution in [-0.2, 0) is 9.59 Å². The molecule has 5 nitrogen and oxygen atoms in total. The number of aliphatic carboxylic acids is 1. The highest BCUT2D eigenvalue weighted by molar-refractivity contribution is 5.75. The maximum atomic E-state index is 11.4. The number of carboxylic acids is 1. The summed E-state index contributed by atoms with van der Waals surface area (Å²) in [7, 11) is 0. The molecule has 0 bridgehead atoms. The lowest BCUT2D eigenvalue weighted by atomic mass is 9.82. The molecule has 5 heteroatoms. The van der Waals surface area contributed by atoms with Crippen LogP contribution in [0.4, 0.5) is 0 Å². The number of hydrogen-bond acceptors (Lipinski definition) is 3. The van der Waals surface area contributed by atoms with Gasteiger partial charge in [0.05, 0.1) is 5.92 Å². The summed E-state index contributed by atoms with van der Waals surface area (Å²) in [6, 6.07) is 0. The summed E-state index contributed by atoms with van der Waals surface area (Å²) in [5.41, 5.74) is 5.32. The van der Waals surface area contributed by atoms with Gasteiger partial charge in [-0.1, -0.05) is 0 Å². The Bertz CT molecular complexity index is 260. The normalized spacial score (nSPS) is 24.3. The van der Waals surface area contributed by atoms with E-state index >= 15 is 0 Å². The molecular weight excluding hydrogens is 220 g/mol. The molecule has 0 saturated heterocycles. The van der Waals surface area contributed by atoms with E-state index in [-0.39, 0.29) is 11.8 Å². The van der Waals surface area contributed by atoms with Crippen molar-refractivity contribution in [1.82, 2.24) is 5.32 Å². The van der Waals surface area contributed by atoms with Crippen LogP contribution >= 0.6 is 0 Å². The van der Waals surface area contributed by atoms with Crippen molar-refractivity contribution < 1.29 is 14.7 Å². The third kappa shape index (κ3) is 5.17. The van der Waals surface area contributed by atoms with E-state index < -0.39 is 5.97 Å². The van der Waals surface area contributed by atoms with Gasteiger partial charge >= 0.3 is 5.97 Å². The maximum Gasteiger partial charge on any atom is 0.306 e. The number of amides is 1. The van der Waals surface area contributed by atoms with Crippen molar-refractivity contribution in [3.63, 3.8) is 0 Å². The van der Waals surface area contributed by atoms with Gasteiger partial charge in [-0.15, -0.1) is 0 Å². The van der Waals surface area contributed by atoms with Crippen LogP contribution in [0.25, 0.3) is 0 Å². The van der Waals surface area contributed by atoms with Gasteiger partial charge < -0.3 is 16.2 Å². The average Bonchev–Trinajstić information content (AvgIpc) is 2.34. The van der Waals surface area contributed by atoms with E-state index in [0.29, 0.717) is 25.4 Å². The van der Waals surface area contributed by atoms with E-state index in [1.165, 1.54) is 0 Å². The third-order valence-corrected chi connectivity index (χ3v) is 3.39. The number of carbonyl (C=O) groups excluding carboxylic acids is 1. The minimum Gasteiger partial charge on any atom is -0.481 e. The van der Waals surface area contributed by atoms with Crippen LogP contribution < -0.4 is 11.1 Å². The highest BCUT2D eigenvalue weighted by atomic mass is 16.4. The van der Waals surface area contributed by atoms with Crippen LogP contribution in [0.1, 0.15) is 38.5 Å². The van der Waals surface area contributed by atoms with Crippen molar-refractivity contribution in [3.05, 3.63) is 0 Å². The molecule has 0 aromatic carbocycles. The molecule has 1 saturated carbocycles. The van der Waals surface area contributed by atoms with Gasteiger partial charge in [-0.3, -0.25) is 9.59 Å². The fourth-order valence-electron chi connectivity index (χ4n) is 2.22. The predicted molar refractivity (Wildman–Crippen MR) is 64.4 cm³/mol. The molecule has 0 atom stereocenters. The Kier molecular flexibility index (Phi) is 5.97. The van der Waals surface area contributed by atoms with Crippen LogP contribution in [0.5, 0.6) is 0 Å². The van der Waals surface area contributed by atoms with Crippen LogP contribution in [0.3, 0.4) is 0 Å². The van der Waals surface area contributed by atoms with E-state index in [4.69, 9.17) is 10.8 Å². The van der Waals surface area contributed by atoms with Crippen molar-refractivity contribution in [2.75, 3.05) is 13.1 Å². The molecule has 1 aliphatic rings. The van der Waals surface area contributed by atoms with Crippen molar-refractivity contribution >= 4 is 11.9 Å². The predicted octanol–water partition coefficient (Wildman–Crippen LogP) is 0.732. The average molecular weight is 242 g/mol. The number of carbonyl (C=O) groups is 2. The Morgan fingerprint density at radius 3 is 2.41 bits per heavy atom. The largest absolute Gasteiger partial charge is 0.481 e. The number of carboxylic acid groups (broad SMARTS) is 1. The van der Waals surface area contributed by atoms with Crippen LogP contribution in [0.2, 0.25) is 0 Å². The molecule has 0 aromatic heterocycles. The summed E-state index contributed by atoms with van der Waals surface area (Å²) in [5.74, 6) is -0.377. The highest BCUT2D eigenvalue weighted by Gasteiger charge is 2.25. The molecule has 17 heavy (non-hydrogen) atoms. The molecule has 1 fully saturated rings. The minimum atomic E-state index is -0.685. The SMILES string of the molecule is NCCCC(=O)NCC1CCC(C(=O)O)CC1. The van der Waals surface area contributed by atoms with Gasteiger partial charge in [-0.2, -0.15) is 0 Å². The topological polar surface area (TPSA) is 92.4 Å². The lowest BCUT2D eigenvalue weighted by Gasteiger charge is -2.26. The number of rotatable bonds is 6. The van der Waals surface area contributed by atoms with E-state index in [1.807, 2.05) is 0 Å². The molecule has 0 radical (unpaired) electrons. The standard InChI is InChI=1S/C12H22N2O3/c13-7-1-2-11(15)14-8-9-3-5-10(6-4-9)12(16)17/h9-10H,1-8,13H2,(H,14,15)(H,16,17). The smallest absolute Gasteiger partial charge is 0.306 e. The molecule has 0 aliphatic heterocycles. The van der Waals surface area contributed by atoms with E-state index in [9.17, 15) is 9.59 Å². The molecule has 0 aromatic rings. The van der Waals surface area contributed by atoms with Crippen molar-refractivity contribution in [3.8, 4) is 0 Å². The second-order valence-corrected chi connectivity index (χ2v) is 4.75. The zero-order valence-corrected chi connectivity index (χ0v) is 10.2. The second-order valence-electron chi connectivity index (χ2n) is 4.75. The first kappa shape index (κ1) is 14.0. The number of nitrogens with two attached hydrogens (primary N) is 1. The number of hydrogen-bond donors (Lipinski definition) is 3. The summed E-state index contributed by atoms with van der Waals surface area (Å²) in [5, 5.41) is 11.7. The van der Waals surface area contributed by atoms with Gasteiger partial charge in [0, 0.05) is 13.0 Å². The van der Waals surface area contributed by atoms with Gasteiger partial charge in [0.1, 0.15) is 0 Å². The molecule has 1 aliphatic carbocycles. The lowest BCUT2D eigenvalue weighted by Crippen LogP contribution is -2.32. The Labute approximate surface area is 102 Å². The van der Waals surface area contributed by atoms with Gasteiger partial charge in [-0.05, 0) is 44.6 Å². The van der Waals surface area contributed by atoms with Crippen LogP contribution in [-0.4, -0.2) is 30.1 Å². The van der Waals surface area contributed by atoms with Crippen molar-refractivity contribution in [1.29, 1.82) is 0 Å². The molecule has 4 N–H and O–H groups in total. The first-order chi connectivity index (χ1) is 8.13. The Morgan fingerprint density at radius 1 is 1.24 bits per heavy atom. The Balaban J connectivity index is 2.14. The molecule has 1 amide bonds. The first-order valence-electron chi connectivity index (χ1n) is 6.33. The van der Waals surface area contributed by atoms with Crippen LogP contribution in [0, 0.1) is 11.8 Å². The van der Waals surface area contributed by atoms with Gasteiger partial charge in [0.15, 0.2) is 0 Å². The highest BCUT2D eigenvalue weighted by Crippen LogP contribution is 2.28. The van der Waals surface area contributed by atoms with E-state index in [1.54, 1.807) is 0 Å². The maximum absolute atomic E-state index is 11.4. The minimum absolute atomic E-state index is 0.0517. The fraction of sp³-hybridized carbons (Fsp3) is 0.833. The molecule has 1 rings (SSSR count). The van der Waals surface area contributed by atoms with Gasteiger partial charge in [0.2, 0.25) is 5.91 Å². The summed E-state index contributed by atoms with van der Waals surface area (Å²) < 4.78 is 0. The van der Waals surface area contributed by atoms with Gasteiger partial charge in [0.25, 0.3) is 0 Å². The zero-order chi connectivity index (χ0) is 12.7. The molecule has 0 unspecified atom stereocenters. The summed E-state index contributed by atoms with van der Waals surface area (Å²) >= 11 is 0. The molecule has 0 spiro atoms.